The lowest BCUT2D eigenvalue weighted by Crippen LogP contribution is -2.27. The van der Waals surface area contributed by atoms with Crippen molar-refractivity contribution in [2.24, 2.45) is 0 Å². The van der Waals surface area contributed by atoms with E-state index in [4.69, 9.17) is 11.6 Å². The zero-order chi connectivity index (χ0) is 18.1. The lowest BCUT2D eigenvalue weighted by Gasteiger charge is -2.14. The maximum atomic E-state index is 12.6. The van der Waals surface area contributed by atoms with Crippen molar-refractivity contribution in [2.45, 2.75) is 6.54 Å². The van der Waals surface area contributed by atoms with Gasteiger partial charge in [-0.05, 0) is 42.1 Å². The van der Waals surface area contributed by atoms with Crippen LogP contribution >= 0.6 is 23.4 Å². The first-order chi connectivity index (χ1) is 12.6. The molecule has 1 fully saturated rings. The van der Waals surface area contributed by atoms with Gasteiger partial charge in [-0.25, -0.2) is 4.98 Å². The molecule has 3 aromatic rings. The molecule has 0 atom stereocenters. The largest absolute Gasteiger partial charge is 0.293 e. The highest BCUT2D eigenvalue weighted by molar-refractivity contribution is 8.18. The smallest absolute Gasteiger partial charge is 0.268 e. The van der Waals surface area contributed by atoms with Gasteiger partial charge in [-0.15, -0.1) is 0 Å². The summed E-state index contributed by atoms with van der Waals surface area (Å²) in [6, 6.07) is 14.8. The van der Waals surface area contributed by atoms with E-state index < -0.39 is 0 Å². The van der Waals surface area contributed by atoms with Crippen LogP contribution in [0.1, 0.15) is 11.3 Å². The van der Waals surface area contributed by atoms with E-state index in [0.29, 0.717) is 16.2 Å². The van der Waals surface area contributed by atoms with Crippen LogP contribution in [0.4, 0.5) is 4.79 Å². The van der Waals surface area contributed by atoms with Gasteiger partial charge in [-0.3, -0.25) is 19.5 Å². The molecular weight excluding hydrogens is 370 g/mol. The fraction of sp³-hybridized carbons (Fsp3) is 0.0526. The van der Waals surface area contributed by atoms with E-state index in [1.165, 1.54) is 4.90 Å². The Morgan fingerprint density at radius 3 is 2.73 bits per heavy atom. The molecule has 0 spiro atoms. The molecule has 1 aliphatic heterocycles. The third kappa shape index (κ3) is 3.21. The van der Waals surface area contributed by atoms with Crippen LogP contribution < -0.4 is 0 Å². The molecule has 2 aromatic heterocycles. The van der Waals surface area contributed by atoms with Crippen LogP contribution in [0.25, 0.3) is 17.0 Å². The van der Waals surface area contributed by atoms with Gasteiger partial charge in [-0.2, -0.15) is 0 Å². The van der Waals surface area contributed by atoms with Crippen LogP contribution in [0.2, 0.25) is 5.15 Å². The monoisotopic (exact) mass is 381 g/mol. The number of aromatic nitrogens is 2. The molecule has 0 unspecified atom stereocenters. The van der Waals surface area contributed by atoms with Gasteiger partial charge < -0.3 is 0 Å². The van der Waals surface area contributed by atoms with Crippen molar-refractivity contribution in [3.8, 4) is 0 Å². The summed E-state index contributed by atoms with van der Waals surface area (Å²) >= 11 is 7.15. The molecule has 0 aliphatic carbocycles. The second-order valence-electron chi connectivity index (χ2n) is 5.65. The molecule has 26 heavy (non-hydrogen) atoms. The molecule has 1 aliphatic rings. The SMILES string of the molecule is O=C1S/C(=C\c2ccccn2)C(=O)N1Cc1cc2ccccc2nc1Cl. The first-order valence-electron chi connectivity index (χ1n) is 7.82. The van der Waals surface area contributed by atoms with Crippen LogP contribution in [-0.4, -0.2) is 26.0 Å². The van der Waals surface area contributed by atoms with E-state index in [0.717, 1.165) is 22.7 Å². The average molecular weight is 382 g/mol. The molecule has 4 rings (SSSR count). The van der Waals surface area contributed by atoms with Gasteiger partial charge in [0.05, 0.1) is 22.7 Å². The number of halogens is 1. The standard InChI is InChI=1S/C19H12ClN3O2S/c20-17-13(9-12-5-1-2-7-15(12)22-17)11-23-18(24)16(26-19(23)25)10-14-6-3-4-8-21-14/h1-10H,11H2/b16-10-. The van der Waals surface area contributed by atoms with Crippen molar-refractivity contribution < 1.29 is 9.59 Å². The predicted octanol–water partition coefficient (Wildman–Crippen LogP) is 4.52. The molecular formula is C19H12ClN3O2S. The summed E-state index contributed by atoms with van der Waals surface area (Å²) in [5.41, 5.74) is 2.03. The third-order valence-corrected chi connectivity index (χ3v) is 5.15. The second-order valence-corrected chi connectivity index (χ2v) is 7.00. The lowest BCUT2D eigenvalue weighted by molar-refractivity contribution is -0.123. The molecule has 128 valence electrons. The quantitative estimate of drug-likeness (QED) is 0.493. The molecule has 2 amide bonds. The second kappa shape index (κ2) is 6.90. The first kappa shape index (κ1) is 16.8. The molecule has 0 saturated carbocycles. The summed E-state index contributed by atoms with van der Waals surface area (Å²) in [5, 5.41) is 0.862. The normalized spacial score (nSPS) is 16.0. The number of carbonyl (C=O) groups excluding carboxylic acids is 2. The number of hydrogen-bond acceptors (Lipinski definition) is 5. The Bertz CT molecular complexity index is 1050. The van der Waals surface area contributed by atoms with Crippen LogP contribution in [0, 0.1) is 0 Å². The summed E-state index contributed by atoms with van der Waals surface area (Å²) in [6.45, 7) is 0.0842. The Morgan fingerprint density at radius 2 is 1.92 bits per heavy atom. The number of rotatable bonds is 3. The maximum Gasteiger partial charge on any atom is 0.293 e. The van der Waals surface area contributed by atoms with Gasteiger partial charge in [0.15, 0.2) is 0 Å². The number of carbonyl (C=O) groups is 2. The Morgan fingerprint density at radius 1 is 1.12 bits per heavy atom. The molecule has 0 bridgehead atoms. The Labute approximate surface area is 158 Å². The fourth-order valence-electron chi connectivity index (χ4n) is 2.65. The van der Waals surface area contributed by atoms with Crippen LogP contribution in [-0.2, 0) is 11.3 Å². The Hall–Kier alpha value is -2.70. The topological polar surface area (TPSA) is 63.2 Å². The lowest BCUT2D eigenvalue weighted by atomic mass is 10.1. The van der Waals surface area contributed by atoms with Crippen LogP contribution in [0.5, 0.6) is 0 Å². The third-order valence-electron chi connectivity index (χ3n) is 3.92. The van der Waals surface area contributed by atoms with Gasteiger partial charge in [-0.1, -0.05) is 35.9 Å². The van der Waals surface area contributed by atoms with Crippen molar-refractivity contribution in [3.05, 3.63) is 76.0 Å². The van der Waals surface area contributed by atoms with Crippen molar-refractivity contribution in [1.82, 2.24) is 14.9 Å². The Balaban J connectivity index is 1.63. The predicted molar refractivity (Wildman–Crippen MR) is 103 cm³/mol. The first-order valence-corrected chi connectivity index (χ1v) is 9.02. The van der Waals surface area contributed by atoms with E-state index >= 15 is 0 Å². The van der Waals surface area contributed by atoms with Crippen molar-refractivity contribution >= 4 is 51.5 Å². The summed E-state index contributed by atoms with van der Waals surface area (Å²) in [4.78, 5) is 35.0. The van der Waals surface area contributed by atoms with Crippen LogP contribution in [0.15, 0.2) is 59.6 Å². The number of imide groups is 1. The van der Waals surface area contributed by atoms with Gasteiger partial charge in [0, 0.05) is 17.1 Å². The fourth-order valence-corrected chi connectivity index (χ4v) is 3.68. The molecule has 3 heterocycles. The zero-order valence-corrected chi connectivity index (χ0v) is 15.0. The summed E-state index contributed by atoms with van der Waals surface area (Å²) in [7, 11) is 0. The number of nitrogens with zero attached hydrogens (tertiary/aromatic N) is 3. The highest BCUT2D eigenvalue weighted by Crippen LogP contribution is 2.34. The van der Waals surface area contributed by atoms with Gasteiger partial charge in [0.2, 0.25) is 0 Å². The molecule has 5 nitrogen and oxygen atoms in total. The Kier molecular flexibility index (Phi) is 4.44. The maximum absolute atomic E-state index is 12.6. The molecule has 0 N–H and O–H groups in total. The minimum absolute atomic E-state index is 0.0842. The molecule has 1 aromatic carbocycles. The van der Waals surface area contributed by atoms with E-state index in [1.54, 1.807) is 24.4 Å². The number of para-hydroxylation sites is 1. The minimum Gasteiger partial charge on any atom is -0.268 e. The van der Waals surface area contributed by atoms with Crippen molar-refractivity contribution in [2.75, 3.05) is 0 Å². The highest BCUT2D eigenvalue weighted by Gasteiger charge is 2.35. The number of hydrogen-bond donors (Lipinski definition) is 0. The molecule has 0 radical (unpaired) electrons. The molecule has 7 heteroatoms. The van der Waals surface area contributed by atoms with Gasteiger partial charge in [0.25, 0.3) is 11.1 Å². The zero-order valence-electron chi connectivity index (χ0n) is 13.4. The minimum atomic E-state index is -0.352. The van der Waals surface area contributed by atoms with Crippen molar-refractivity contribution in [1.29, 1.82) is 0 Å². The number of amides is 2. The van der Waals surface area contributed by atoms with Crippen LogP contribution in [0.3, 0.4) is 0 Å². The number of pyridine rings is 2. The summed E-state index contributed by atoms with van der Waals surface area (Å²) in [5.74, 6) is -0.352. The molecule has 1 saturated heterocycles. The highest BCUT2D eigenvalue weighted by atomic mass is 35.5. The van der Waals surface area contributed by atoms with Crippen molar-refractivity contribution in [3.63, 3.8) is 0 Å². The van der Waals surface area contributed by atoms with E-state index in [2.05, 4.69) is 9.97 Å². The van der Waals surface area contributed by atoms with E-state index in [-0.39, 0.29) is 22.8 Å². The number of thioether (sulfide) groups is 1. The average Bonchev–Trinajstić information content (AvgIpc) is 2.90. The number of fused-ring (bicyclic) bond motifs is 1. The number of benzene rings is 1. The van der Waals surface area contributed by atoms with Gasteiger partial charge in [0.1, 0.15) is 5.15 Å². The van der Waals surface area contributed by atoms with E-state index in [9.17, 15) is 9.59 Å². The van der Waals surface area contributed by atoms with E-state index in [1.807, 2.05) is 36.4 Å². The van der Waals surface area contributed by atoms with Gasteiger partial charge >= 0.3 is 0 Å². The summed E-state index contributed by atoms with van der Waals surface area (Å²) in [6.07, 6.45) is 3.25. The summed E-state index contributed by atoms with van der Waals surface area (Å²) < 4.78 is 0.